The van der Waals surface area contributed by atoms with Crippen molar-refractivity contribution in [3.63, 3.8) is 0 Å². The molecular weight excluding hydrogens is 410 g/mol. The lowest BCUT2D eigenvalue weighted by Gasteiger charge is -2.08. The van der Waals surface area contributed by atoms with Crippen molar-refractivity contribution in [3.8, 4) is 0 Å². The Kier molecular flexibility index (Phi) is 6.92. The molecule has 4 N–H and O–H groups in total. The summed E-state index contributed by atoms with van der Waals surface area (Å²) in [7, 11) is 0. The van der Waals surface area contributed by atoms with Gasteiger partial charge in [0.1, 0.15) is 5.69 Å². The first-order valence-corrected chi connectivity index (χ1v) is 9.64. The molecule has 0 aliphatic heterocycles. The largest absolute Gasteiger partial charge is 0.326 e. The van der Waals surface area contributed by atoms with Crippen LogP contribution in [0.5, 0.6) is 0 Å². The summed E-state index contributed by atoms with van der Waals surface area (Å²) in [6.07, 6.45) is 1.32. The lowest BCUT2D eigenvalue weighted by Crippen LogP contribution is -2.16. The van der Waals surface area contributed by atoms with E-state index in [-0.39, 0.29) is 29.0 Å². The molecule has 0 aliphatic rings. The first-order valence-electron chi connectivity index (χ1n) is 9.64. The summed E-state index contributed by atoms with van der Waals surface area (Å²) >= 11 is 0. The Hall–Kier alpha value is -4.53. The molecule has 0 unspecified atom stereocenters. The maximum Gasteiger partial charge on any atom is 0.274 e. The first kappa shape index (κ1) is 22.2. The van der Waals surface area contributed by atoms with Gasteiger partial charge in [-0.05, 0) is 60.7 Å². The Balaban J connectivity index is 1.58. The van der Waals surface area contributed by atoms with E-state index in [2.05, 4.69) is 26.3 Å². The zero-order valence-corrected chi connectivity index (χ0v) is 17.4. The summed E-state index contributed by atoms with van der Waals surface area (Å²) in [5.41, 5.74) is 2.76. The lowest BCUT2D eigenvalue weighted by atomic mass is 10.2. The molecule has 1 heterocycles. The summed E-state index contributed by atoms with van der Waals surface area (Å²) in [6, 6.07) is 16.3. The van der Waals surface area contributed by atoms with E-state index >= 15 is 0 Å². The number of hydrogen-bond acceptors (Lipinski definition) is 5. The van der Waals surface area contributed by atoms with Crippen LogP contribution >= 0.6 is 0 Å². The number of carbonyl (C=O) groups is 4. The third-order valence-corrected chi connectivity index (χ3v) is 4.18. The van der Waals surface area contributed by atoms with Crippen molar-refractivity contribution in [1.82, 2.24) is 4.98 Å². The van der Waals surface area contributed by atoms with Crippen molar-refractivity contribution in [2.24, 2.45) is 0 Å². The molecule has 32 heavy (non-hydrogen) atoms. The van der Waals surface area contributed by atoms with Gasteiger partial charge in [0.25, 0.3) is 11.8 Å². The number of benzene rings is 2. The molecule has 0 spiro atoms. The molecule has 0 saturated heterocycles. The van der Waals surface area contributed by atoms with Crippen LogP contribution in [0.4, 0.5) is 22.7 Å². The third kappa shape index (κ3) is 6.23. The fourth-order valence-corrected chi connectivity index (χ4v) is 2.74. The highest BCUT2D eigenvalue weighted by Gasteiger charge is 2.11. The van der Waals surface area contributed by atoms with Crippen molar-refractivity contribution in [2.45, 2.75) is 13.8 Å². The molecule has 9 nitrogen and oxygen atoms in total. The molecule has 0 radical (unpaired) electrons. The quantitative estimate of drug-likeness (QED) is 0.475. The van der Waals surface area contributed by atoms with Crippen LogP contribution in [0.3, 0.4) is 0 Å². The topological polar surface area (TPSA) is 129 Å². The predicted molar refractivity (Wildman–Crippen MR) is 122 cm³/mol. The van der Waals surface area contributed by atoms with Gasteiger partial charge in [0.2, 0.25) is 11.8 Å². The Morgan fingerprint density at radius 3 is 1.34 bits per heavy atom. The van der Waals surface area contributed by atoms with Crippen molar-refractivity contribution in [3.05, 3.63) is 78.1 Å². The van der Waals surface area contributed by atoms with E-state index < -0.39 is 5.91 Å². The molecule has 3 rings (SSSR count). The standard InChI is InChI=1S/C23H21N5O4/c1-14(29)25-17-4-8-19(9-5-17)27-22(31)16-3-12-21(24-13-16)23(32)28-20-10-6-18(7-11-20)26-15(2)30/h3-13H,1-2H3,(H,25,29)(H,26,30)(H,27,31)(H,28,32). The minimum atomic E-state index is -0.433. The lowest BCUT2D eigenvalue weighted by molar-refractivity contribution is -0.115. The molecule has 1 aromatic heterocycles. The van der Waals surface area contributed by atoms with Gasteiger partial charge >= 0.3 is 0 Å². The number of amides is 4. The smallest absolute Gasteiger partial charge is 0.274 e. The fourth-order valence-electron chi connectivity index (χ4n) is 2.74. The zero-order chi connectivity index (χ0) is 23.1. The monoisotopic (exact) mass is 431 g/mol. The maximum absolute atomic E-state index is 12.4. The second-order valence-corrected chi connectivity index (χ2v) is 6.86. The number of rotatable bonds is 6. The first-order chi connectivity index (χ1) is 15.3. The van der Waals surface area contributed by atoms with E-state index in [0.717, 1.165) is 0 Å². The van der Waals surface area contributed by atoms with Crippen LogP contribution < -0.4 is 21.3 Å². The number of nitrogens with zero attached hydrogens (tertiary/aromatic N) is 1. The van der Waals surface area contributed by atoms with Crippen LogP contribution in [0.15, 0.2) is 66.9 Å². The average molecular weight is 431 g/mol. The Labute approximate surface area is 184 Å². The normalized spacial score (nSPS) is 10.1. The number of aromatic nitrogens is 1. The maximum atomic E-state index is 12.4. The average Bonchev–Trinajstić information content (AvgIpc) is 2.76. The highest BCUT2D eigenvalue weighted by atomic mass is 16.2. The van der Waals surface area contributed by atoms with E-state index in [4.69, 9.17) is 0 Å². The summed E-state index contributed by atoms with van der Waals surface area (Å²) < 4.78 is 0. The third-order valence-electron chi connectivity index (χ3n) is 4.18. The van der Waals surface area contributed by atoms with Gasteiger partial charge in [0.15, 0.2) is 0 Å². The minimum absolute atomic E-state index is 0.146. The molecule has 4 amide bonds. The van der Waals surface area contributed by atoms with Crippen molar-refractivity contribution in [1.29, 1.82) is 0 Å². The summed E-state index contributed by atoms with van der Waals surface area (Å²) in [4.78, 5) is 51.0. The van der Waals surface area contributed by atoms with Gasteiger partial charge in [-0.2, -0.15) is 0 Å². The van der Waals surface area contributed by atoms with Gasteiger partial charge < -0.3 is 21.3 Å². The summed E-state index contributed by atoms with van der Waals surface area (Å²) in [5, 5.41) is 10.7. The van der Waals surface area contributed by atoms with E-state index in [1.54, 1.807) is 48.5 Å². The molecule has 3 aromatic rings. The van der Waals surface area contributed by atoms with Gasteiger partial charge in [-0.15, -0.1) is 0 Å². The van der Waals surface area contributed by atoms with Crippen molar-refractivity contribution < 1.29 is 19.2 Å². The molecule has 0 saturated carbocycles. The van der Waals surface area contributed by atoms with Gasteiger partial charge in [-0.3, -0.25) is 24.2 Å². The van der Waals surface area contributed by atoms with Gasteiger partial charge in [-0.25, -0.2) is 0 Å². The van der Waals surface area contributed by atoms with E-state index in [1.807, 2.05) is 0 Å². The number of anilines is 4. The second kappa shape index (κ2) is 9.98. The second-order valence-electron chi connectivity index (χ2n) is 6.86. The number of pyridine rings is 1. The van der Waals surface area contributed by atoms with Gasteiger partial charge in [0, 0.05) is 42.8 Å². The van der Waals surface area contributed by atoms with Crippen LogP contribution in [0.2, 0.25) is 0 Å². The van der Waals surface area contributed by atoms with Crippen LogP contribution in [-0.2, 0) is 9.59 Å². The predicted octanol–water partition coefficient (Wildman–Crippen LogP) is 3.50. The minimum Gasteiger partial charge on any atom is -0.326 e. The number of carbonyl (C=O) groups excluding carboxylic acids is 4. The highest BCUT2D eigenvalue weighted by molar-refractivity contribution is 6.06. The fraction of sp³-hybridized carbons (Fsp3) is 0.0870. The molecule has 0 aliphatic carbocycles. The molecule has 0 atom stereocenters. The van der Waals surface area contributed by atoms with Crippen molar-refractivity contribution >= 4 is 46.4 Å². The van der Waals surface area contributed by atoms with Crippen LogP contribution in [0.1, 0.15) is 34.7 Å². The van der Waals surface area contributed by atoms with Crippen molar-refractivity contribution in [2.75, 3.05) is 21.3 Å². The number of hydrogen-bond donors (Lipinski definition) is 4. The number of nitrogens with one attached hydrogen (secondary N) is 4. The zero-order valence-electron chi connectivity index (χ0n) is 17.4. The molecule has 9 heteroatoms. The molecular formula is C23H21N5O4. The van der Waals surface area contributed by atoms with Crippen LogP contribution in [0, 0.1) is 0 Å². The van der Waals surface area contributed by atoms with Gasteiger partial charge in [0.05, 0.1) is 5.56 Å². The molecule has 0 fully saturated rings. The molecule has 162 valence electrons. The van der Waals surface area contributed by atoms with E-state index in [0.29, 0.717) is 22.7 Å². The van der Waals surface area contributed by atoms with Crippen LogP contribution in [0.25, 0.3) is 0 Å². The Morgan fingerprint density at radius 2 is 0.969 bits per heavy atom. The SMILES string of the molecule is CC(=O)Nc1ccc(NC(=O)c2ccc(C(=O)Nc3ccc(NC(C)=O)cc3)nc2)cc1. The Bertz CT molecular complexity index is 1050. The summed E-state index contributed by atoms with van der Waals surface area (Å²) in [6.45, 7) is 2.83. The highest BCUT2D eigenvalue weighted by Crippen LogP contribution is 2.16. The van der Waals surface area contributed by atoms with E-state index in [9.17, 15) is 19.2 Å². The van der Waals surface area contributed by atoms with Crippen LogP contribution in [-0.4, -0.2) is 28.6 Å². The molecule has 2 aromatic carbocycles. The van der Waals surface area contributed by atoms with E-state index in [1.165, 1.54) is 32.2 Å². The van der Waals surface area contributed by atoms with Gasteiger partial charge in [-0.1, -0.05) is 0 Å². The molecule has 0 bridgehead atoms. The summed E-state index contributed by atoms with van der Waals surface area (Å²) in [5.74, 6) is -1.18. The Morgan fingerprint density at radius 1 is 0.562 bits per heavy atom.